The molecule has 1 aliphatic carbocycles. The number of hydrogen-bond donors (Lipinski definition) is 3. The Kier molecular flexibility index (Phi) is 3.17. The van der Waals surface area contributed by atoms with E-state index < -0.39 is 0 Å². The van der Waals surface area contributed by atoms with Crippen LogP contribution in [0.25, 0.3) is 0 Å². The van der Waals surface area contributed by atoms with Gasteiger partial charge < -0.3 is 15.9 Å². The SMILES string of the molecule is NC[C@@H](c1ccccc1O)C1(CO)CCC1. The van der Waals surface area contributed by atoms with E-state index in [0.717, 1.165) is 24.8 Å². The predicted octanol–water partition coefficient (Wildman–Crippen LogP) is 1.60. The summed E-state index contributed by atoms with van der Waals surface area (Å²) < 4.78 is 0. The molecule has 2 rings (SSSR count). The molecule has 16 heavy (non-hydrogen) atoms. The zero-order chi connectivity index (χ0) is 11.6. The summed E-state index contributed by atoms with van der Waals surface area (Å²) in [5.74, 6) is 0.352. The molecule has 1 aliphatic rings. The van der Waals surface area contributed by atoms with E-state index in [1.807, 2.05) is 12.1 Å². The van der Waals surface area contributed by atoms with Crippen molar-refractivity contribution in [2.45, 2.75) is 25.2 Å². The van der Waals surface area contributed by atoms with Gasteiger partial charge in [-0.1, -0.05) is 24.6 Å². The molecule has 1 aromatic carbocycles. The first-order chi connectivity index (χ1) is 7.73. The van der Waals surface area contributed by atoms with Gasteiger partial charge in [0.15, 0.2) is 0 Å². The quantitative estimate of drug-likeness (QED) is 0.723. The molecule has 0 aliphatic heterocycles. The average Bonchev–Trinajstić information content (AvgIpc) is 2.25. The summed E-state index contributed by atoms with van der Waals surface area (Å²) in [6.45, 7) is 0.626. The molecular weight excluding hydrogens is 202 g/mol. The van der Waals surface area contributed by atoms with Gasteiger partial charge in [0.1, 0.15) is 5.75 Å². The second-order valence-electron chi connectivity index (χ2n) is 4.72. The Balaban J connectivity index is 2.32. The van der Waals surface area contributed by atoms with Crippen LogP contribution < -0.4 is 5.73 Å². The van der Waals surface area contributed by atoms with Crippen LogP contribution in [0.15, 0.2) is 24.3 Å². The zero-order valence-electron chi connectivity index (χ0n) is 9.39. The van der Waals surface area contributed by atoms with Crippen molar-refractivity contribution in [1.82, 2.24) is 0 Å². The summed E-state index contributed by atoms with van der Waals surface area (Å²) in [5.41, 5.74) is 6.59. The average molecular weight is 221 g/mol. The highest BCUT2D eigenvalue weighted by molar-refractivity contribution is 5.37. The first-order valence-electron chi connectivity index (χ1n) is 5.82. The number of hydrogen-bond acceptors (Lipinski definition) is 3. The van der Waals surface area contributed by atoms with Gasteiger partial charge in [-0.15, -0.1) is 0 Å². The monoisotopic (exact) mass is 221 g/mol. The molecule has 0 saturated heterocycles. The van der Waals surface area contributed by atoms with Gasteiger partial charge >= 0.3 is 0 Å². The molecule has 0 bridgehead atoms. The zero-order valence-corrected chi connectivity index (χ0v) is 9.39. The molecule has 1 atom stereocenters. The van der Waals surface area contributed by atoms with Gasteiger partial charge in [-0.05, 0) is 31.0 Å². The second-order valence-corrected chi connectivity index (χ2v) is 4.72. The van der Waals surface area contributed by atoms with E-state index in [1.54, 1.807) is 12.1 Å². The van der Waals surface area contributed by atoms with E-state index in [9.17, 15) is 10.2 Å². The van der Waals surface area contributed by atoms with Gasteiger partial charge in [0.25, 0.3) is 0 Å². The highest BCUT2D eigenvalue weighted by Crippen LogP contribution is 2.51. The Morgan fingerprint density at radius 3 is 2.44 bits per heavy atom. The first kappa shape index (κ1) is 11.4. The Morgan fingerprint density at radius 2 is 2.00 bits per heavy atom. The largest absolute Gasteiger partial charge is 0.508 e. The van der Waals surface area contributed by atoms with Crippen molar-refractivity contribution in [2.75, 3.05) is 13.2 Å². The number of aliphatic hydroxyl groups excluding tert-OH is 1. The number of phenols is 1. The third-order valence-corrected chi connectivity index (χ3v) is 3.95. The molecule has 1 aromatic rings. The molecule has 1 fully saturated rings. The van der Waals surface area contributed by atoms with Gasteiger partial charge in [0.2, 0.25) is 0 Å². The van der Waals surface area contributed by atoms with E-state index in [0.29, 0.717) is 6.54 Å². The van der Waals surface area contributed by atoms with E-state index in [4.69, 9.17) is 5.73 Å². The molecule has 1 saturated carbocycles. The lowest BCUT2D eigenvalue weighted by molar-refractivity contribution is 0.0185. The third-order valence-electron chi connectivity index (χ3n) is 3.95. The first-order valence-corrected chi connectivity index (χ1v) is 5.82. The number of aliphatic hydroxyl groups is 1. The van der Waals surface area contributed by atoms with Gasteiger partial charge in [0.05, 0.1) is 0 Å². The van der Waals surface area contributed by atoms with Gasteiger partial charge in [-0.2, -0.15) is 0 Å². The van der Waals surface area contributed by atoms with Crippen LogP contribution in [0.1, 0.15) is 30.7 Å². The Labute approximate surface area is 95.9 Å². The number of phenolic OH excluding ortho intramolecular Hbond substituents is 1. The molecule has 88 valence electrons. The third kappa shape index (κ3) is 1.70. The van der Waals surface area contributed by atoms with Crippen LogP contribution in [0.2, 0.25) is 0 Å². The van der Waals surface area contributed by atoms with Crippen LogP contribution in [0.5, 0.6) is 5.75 Å². The smallest absolute Gasteiger partial charge is 0.119 e. The maximum Gasteiger partial charge on any atom is 0.119 e. The van der Waals surface area contributed by atoms with Crippen molar-refractivity contribution >= 4 is 0 Å². The van der Waals surface area contributed by atoms with Crippen LogP contribution in [0, 0.1) is 5.41 Å². The fourth-order valence-electron chi connectivity index (χ4n) is 2.74. The summed E-state index contributed by atoms with van der Waals surface area (Å²) in [4.78, 5) is 0. The Hall–Kier alpha value is -1.06. The summed E-state index contributed by atoms with van der Waals surface area (Å²) in [6, 6.07) is 7.30. The summed E-state index contributed by atoms with van der Waals surface area (Å²) in [7, 11) is 0. The van der Waals surface area contributed by atoms with Crippen molar-refractivity contribution in [2.24, 2.45) is 11.1 Å². The maximum absolute atomic E-state index is 9.85. The molecule has 0 heterocycles. The van der Waals surface area contributed by atoms with Crippen LogP contribution in [-0.2, 0) is 0 Å². The fraction of sp³-hybridized carbons (Fsp3) is 0.538. The summed E-state index contributed by atoms with van der Waals surface area (Å²) in [6.07, 6.45) is 3.14. The fourth-order valence-corrected chi connectivity index (χ4v) is 2.74. The molecule has 3 heteroatoms. The number of para-hydroxylation sites is 1. The lowest BCUT2D eigenvalue weighted by Crippen LogP contribution is -2.42. The van der Waals surface area contributed by atoms with E-state index in [-0.39, 0.29) is 23.7 Å². The molecule has 3 nitrogen and oxygen atoms in total. The number of aromatic hydroxyl groups is 1. The molecule has 0 radical (unpaired) electrons. The second kappa shape index (κ2) is 4.44. The number of nitrogens with two attached hydrogens (primary N) is 1. The normalized spacial score (nSPS) is 20.1. The molecular formula is C13H19NO2. The van der Waals surface area contributed by atoms with Gasteiger partial charge in [0, 0.05) is 17.9 Å². The van der Waals surface area contributed by atoms with E-state index in [2.05, 4.69) is 0 Å². The number of rotatable bonds is 4. The van der Waals surface area contributed by atoms with Crippen molar-refractivity contribution in [1.29, 1.82) is 0 Å². The van der Waals surface area contributed by atoms with Crippen molar-refractivity contribution in [3.8, 4) is 5.75 Å². The highest BCUT2D eigenvalue weighted by atomic mass is 16.3. The minimum Gasteiger partial charge on any atom is -0.508 e. The number of benzene rings is 1. The van der Waals surface area contributed by atoms with Crippen LogP contribution >= 0.6 is 0 Å². The van der Waals surface area contributed by atoms with Crippen LogP contribution in [0.3, 0.4) is 0 Å². The maximum atomic E-state index is 9.85. The summed E-state index contributed by atoms with van der Waals surface area (Å²) >= 11 is 0. The van der Waals surface area contributed by atoms with E-state index >= 15 is 0 Å². The molecule has 0 spiro atoms. The molecule has 0 amide bonds. The predicted molar refractivity (Wildman–Crippen MR) is 63.3 cm³/mol. The standard InChI is InChI=1S/C13H19NO2/c14-8-11(13(9-15)6-3-7-13)10-4-1-2-5-12(10)16/h1-2,4-5,11,15-16H,3,6-9,14H2/t11-/m0/s1. The van der Waals surface area contributed by atoms with Crippen molar-refractivity contribution in [3.05, 3.63) is 29.8 Å². The Morgan fingerprint density at radius 1 is 1.31 bits per heavy atom. The molecule has 0 unspecified atom stereocenters. The molecule has 0 aromatic heterocycles. The summed E-state index contributed by atoms with van der Waals surface area (Å²) in [5, 5.41) is 19.4. The lowest BCUT2D eigenvalue weighted by Gasteiger charge is -2.46. The molecule has 4 N–H and O–H groups in total. The van der Waals surface area contributed by atoms with Crippen molar-refractivity contribution in [3.63, 3.8) is 0 Å². The Bertz CT molecular complexity index is 355. The van der Waals surface area contributed by atoms with E-state index in [1.165, 1.54) is 0 Å². The topological polar surface area (TPSA) is 66.5 Å². The minimum atomic E-state index is -0.104. The minimum absolute atomic E-state index is 0.0625. The van der Waals surface area contributed by atoms with Gasteiger partial charge in [-0.3, -0.25) is 0 Å². The van der Waals surface area contributed by atoms with Crippen LogP contribution in [0.4, 0.5) is 0 Å². The van der Waals surface area contributed by atoms with Crippen molar-refractivity contribution < 1.29 is 10.2 Å². The lowest BCUT2D eigenvalue weighted by atomic mass is 9.59. The van der Waals surface area contributed by atoms with Gasteiger partial charge in [-0.25, -0.2) is 0 Å². The highest BCUT2D eigenvalue weighted by Gasteiger charge is 2.44. The van der Waals surface area contributed by atoms with Crippen LogP contribution in [-0.4, -0.2) is 23.4 Å².